The number of ether oxygens (including phenoxy) is 2. The molecule has 0 aromatic carbocycles. The highest BCUT2D eigenvalue weighted by atomic mass is 16.5. The van der Waals surface area contributed by atoms with Crippen LogP contribution in [0.5, 0.6) is 0 Å². The van der Waals surface area contributed by atoms with Crippen molar-refractivity contribution in [3.8, 4) is 0 Å². The lowest BCUT2D eigenvalue weighted by Gasteiger charge is -2.29. The van der Waals surface area contributed by atoms with Gasteiger partial charge < -0.3 is 9.47 Å². The van der Waals surface area contributed by atoms with Crippen LogP contribution in [0.1, 0.15) is 80.1 Å². The molecule has 0 spiro atoms. The van der Waals surface area contributed by atoms with Crippen LogP contribution in [-0.4, -0.2) is 25.2 Å². The molecule has 0 unspecified atom stereocenters. The molecule has 0 amide bonds. The van der Waals surface area contributed by atoms with Crippen molar-refractivity contribution in [1.82, 2.24) is 0 Å². The van der Waals surface area contributed by atoms with Crippen LogP contribution in [0.2, 0.25) is 0 Å². The van der Waals surface area contributed by atoms with Crippen LogP contribution in [0, 0.1) is 34.5 Å². The van der Waals surface area contributed by atoms with Crippen LogP contribution in [0.4, 0.5) is 0 Å². The number of rotatable bonds is 7. The van der Waals surface area contributed by atoms with Gasteiger partial charge in [0.1, 0.15) is 0 Å². The molecule has 0 heterocycles. The fraction of sp³-hybridized carbons (Fsp3) is 0.909. The fourth-order valence-corrected chi connectivity index (χ4v) is 4.60. The number of unbranched alkanes of at least 4 members (excludes halogenated alkanes) is 1. The Bertz CT molecular complexity index is 462. The zero-order valence-electron chi connectivity index (χ0n) is 17.6. The summed E-state index contributed by atoms with van der Waals surface area (Å²) < 4.78 is 11.0. The van der Waals surface area contributed by atoms with E-state index in [-0.39, 0.29) is 34.6 Å². The van der Waals surface area contributed by atoms with Gasteiger partial charge >= 0.3 is 11.9 Å². The van der Waals surface area contributed by atoms with Gasteiger partial charge in [-0.2, -0.15) is 0 Å². The first-order valence-electron chi connectivity index (χ1n) is 10.4. The summed E-state index contributed by atoms with van der Waals surface area (Å²) in [6.45, 7) is 13.9. The first kappa shape index (κ1) is 21.2. The normalized spacial score (nSPS) is 32.4. The molecule has 26 heavy (non-hydrogen) atoms. The van der Waals surface area contributed by atoms with Crippen molar-refractivity contribution < 1.29 is 19.1 Å². The predicted molar refractivity (Wildman–Crippen MR) is 102 cm³/mol. The molecule has 2 aliphatic carbocycles. The van der Waals surface area contributed by atoms with Crippen LogP contribution in [0.15, 0.2) is 0 Å². The molecule has 150 valence electrons. The summed E-state index contributed by atoms with van der Waals surface area (Å²) in [6.07, 6.45) is 5.54. The zero-order chi connectivity index (χ0) is 19.5. The number of hydrogen-bond acceptors (Lipinski definition) is 4. The van der Waals surface area contributed by atoms with E-state index < -0.39 is 0 Å². The van der Waals surface area contributed by atoms with Crippen LogP contribution >= 0.6 is 0 Å². The minimum Gasteiger partial charge on any atom is -0.465 e. The van der Waals surface area contributed by atoms with E-state index in [9.17, 15) is 9.59 Å². The van der Waals surface area contributed by atoms with E-state index in [0.717, 1.165) is 38.5 Å². The second-order valence-corrected chi connectivity index (χ2v) is 9.75. The van der Waals surface area contributed by atoms with Crippen LogP contribution in [0.3, 0.4) is 0 Å². The minimum absolute atomic E-state index is 0.0157. The van der Waals surface area contributed by atoms with Crippen LogP contribution in [-0.2, 0) is 19.1 Å². The Hall–Kier alpha value is -1.06. The average Bonchev–Trinajstić information content (AvgIpc) is 2.98. The van der Waals surface area contributed by atoms with Crippen molar-refractivity contribution in [2.75, 3.05) is 13.2 Å². The maximum absolute atomic E-state index is 12.3. The molecule has 4 nitrogen and oxygen atoms in total. The first-order chi connectivity index (χ1) is 12.1. The highest BCUT2D eigenvalue weighted by molar-refractivity contribution is 5.74. The quantitative estimate of drug-likeness (QED) is 0.470. The molecule has 4 atom stereocenters. The lowest BCUT2D eigenvalue weighted by atomic mass is 9.76. The van der Waals surface area contributed by atoms with Gasteiger partial charge in [0.05, 0.1) is 25.0 Å². The lowest BCUT2D eigenvalue weighted by molar-refractivity contribution is -0.154. The second-order valence-electron chi connectivity index (χ2n) is 9.75. The van der Waals surface area contributed by atoms with E-state index in [4.69, 9.17) is 9.47 Å². The minimum atomic E-state index is -0.0574. The molecule has 4 heteroatoms. The smallest absolute Gasteiger partial charge is 0.309 e. The molecule has 2 rings (SSSR count). The summed E-state index contributed by atoms with van der Waals surface area (Å²) >= 11 is 0. The summed E-state index contributed by atoms with van der Waals surface area (Å²) in [5, 5.41) is 0. The fourth-order valence-electron chi connectivity index (χ4n) is 4.60. The molecule has 0 saturated heterocycles. The topological polar surface area (TPSA) is 52.6 Å². The molecule has 0 aromatic rings. The predicted octanol–water partition coefficient (Wildman–Crippen LogP) is 5.00. The van der Waals surface area contributed by atoms with Gasteiger partial charge in [0.15, 0.2) is 0 Å². The van der Waals surface area contributed by atoms with Gasteiger partial charge in [-0.1, -0.05) is 41.5 Å². The molecule has 0 aliphatic heterocycles. The van der Waals surface area contributed by atoms with Gasteiger partial charge in [-0.25, -0.2) is 0 Å². The van der Waals surface area contributed by atoms with Gasteiger partial charge in [-0.3, -0.25) is 9.59 Å². The van der Waals surface area contributed by atoms with E-state index in [2.05, 4.69) is 41.5 Å². The van der Waals surface area contributed by atoms with Crippen molar-refractivity contribution >= 4 is 11.9 Å². The molecule has 0 N–H and O–H groups in total. The van der Waals surface area contributed by atoms with Crippen molar-refractivity contribution in [2.24, 2.45) is 34.5 Å². The van der Waals surface area contributed by atoms with Crippen LogP contribution < -0.4 is 0 Å². The largest absolute Gasteiger partial charge is 0.465 e. The maximum Gasteiger partial charge on any atom is 0.309 e. The zero-order valence-corrected chi connectivity index (χ0v) is 17.6. The summed E-state index contributed by atoms with van der Waals surface area (Å²) in [6, 6.07) is 0. The molecule has 2 saturated carbocycles. The highest BCUT2D eigenvalue weighted by Gasteiger charge is 2.46. The summed E-state index contributed by atoms with van der Waals surface area (Å²) in [5.74, 6) is 1.03. The Kier molecular flexibility index (Phi) is 6.79. The third kappa shape index (κ3) is 4.43. The Morgan fingerprint density at radius 1 is 0.731 bits per heavy atom. The molecular weight excluding hydrogens is 328 g/mol. The summed E-state index contributed by atoms with van der Waals surface area (Å²) in [4.78, 5) is 24.6. The van der Waals surface area contributed by atoms with E-state index in [0.29, 0.717) is 25.0 Å². The molecule has 0 radical (unpaired) electrons. The van der Waals surface area contributed by atoms with Gasteiger partial charge in [0.2, 0.25) is 0 Å². The highest BCUT2D eigenvalue weighted by Crippen LogP contribution is 2.48. The molecule has 0 bridgehead atoms. The van der Waals surface area contributed by atoms with Gasteiger partial charge in [-0.15, -0.1) is 0 Å². The molecule has 0 aromatic heterocycles. The van der Waals surface area contributed by atoms with Gasteiger partial charge in [0.25, 0.3) is 0 Å². The number of carbonyl (C=O) groups is 2. The van der Waals surface area contributed by atoms with E-state index in [1.54, 1.807) is 0 Å². The standard InChI is InChI=1S/C22H38O4/c1-15-9-11-17(21(15,3)4)19(23)25-13-7-8-14-26-20(24)18-12-10-16(2)22(18,5)6/h15-18H,7-14H2,1-6H3/t15-,16-,17-,18-/m1/s1. The Balaban J connectivity index is 1.61. The molecular formula is C22H38O4. The Labute approximate surface area is 159 Å². The number of carbonyl (C=O) groups excluding carboxylic acids is 2. The SMILES string of the molecule is C[C@@H]1CC[C@H](C(=O)OCCCCOC(=O)[C@H]2CC[C@@H](C)C2(C)C)C1(C)C. The lowest BCUT2D eigenvalue weighted by Crippen LogP contribution is -2.31. The second kappa shape index (κ2) is 8.31. The third-order valence-corrected chi connectivity index (χ3v) is 7.71. The monoisotopic (exact) mass is 366 g/mol. The van der Waals surface area contributed by atoms with Crippen LogP contribution in [0.25, 0.3) is 0 Å². The average molecular weight is 367 g/mol. The van der Waals surface area contributed by atoms with Gasteiger partial charge in [-0.05, 0) is 61.2 Å². The number of hydrogen-bond donors (Lipinski definition) is 0. The Morgan fingerprint density at radius 2 is 1.08 bits per heavy atom. The first-order valence-corrected chi connectivity index (χ1v) is 10.4. The van der Waals surface area contributed by atoms with E-state index >= 15 is 0 Å². The van der Waals surface area contributed by atoms with Crippen molar-refractivity contribution in [1.29, 1.82) is 0 Å². The van der Waals surface area contributed by atoms with Crippen molar-refractivity contribution in [2.45, 2.75) is 80.1 Å². The third-order valence-electron chi connectivity index (χ3n) is 7.71. The molecule has 2 aliphatic rings. The van der Waals surface area contributed by atoms with Gasteiger partial charge in [0, 0.05) is 0 Å². The number of esters is 2. The van der Waals surface area contributed by atoms with Crippen molar-refractivity contribution in [3.05, 3.63) is 0 Å². The van der Waals surface area contributed by atoms with E-state index in [1.807, 2.05) is 0 Å². The maximum atomic E-state index is 12.3. The summed E-state index contributed by atoms with van der Waals surface area (Å²) in [7, 11) is 0. The van der Waals surface area contributed by atoms with E-state index in [1.165, 1.54) is 0 Å². The molecule has 2 fully saturated rings. The Morgan fingerprint density at radius 3 is 1.35 bits per heavy atom. The summed E-state index contributed by atoms with van der Waals surface area (Å²) in [5.41, 5.74) is 0.0513. The van der Waals surface area contributed by atoms with Crippen molar-refractivity contribution in [3.63, 3.8) is 0 Å².